The number of benzene rings is 1. The number of rotatable bonds is 2. The largest absolute Gasteiger partial charge is 0.448 e. The number of nitrogens with zero attached hydrogens (tertiary/aromatic N) is 2. The average molecular weight is 333 g/mol. The van der Waals surface area contributed by atoms with Gasteiger partial charge in [-0.2, -0.15) is 4.57 Å². The lowest BCUT2D eigenvalue weighted by molar-refractivity contribution is -0.660. The normalized spacial score (nSPS) is 16.3. The SMILES string of the molecule is Cc1ccc2c3c(cn2C)Oc2c(CC4CCCC4)cc[n+](C)c2-c13. The number of ether oxygens (including phenoxy) is 1. The van der Waals surface area contributed by atoms with E-state index in [9.17, 15) is 0 Å². The summed E-state index contributed by atoms with van der Waals surface area (Å²) in [7, 11) is 4.23. The predicted molar refractivity (Wildman–Crippen MR) is 100 cm³/mol. The zero-order valence-corrected chi connectivity index (χ0v) is 15.3. The van der Waals surface area contributed by atoms with Crippen LogP contribution in [0.2, 0.25) is 0 Å². The summed E-state index contributed by atoms with van der Waals surface area (Å²) in [5, 5.41) is 1.25. The molecule has 3 nitrogen and oxygen atoms in total. The quantitative estimate of drug-likeness (QED) is 0.481. The summed E-state index contributed by atoms with van der Waals surface area (Å²) in [5.41, 5.74) is 6.49. The Morgan fingerprint density at radius 1 is 1.20 bits per heavy atom. The molecule has 5 rings (SSSR count). The molecule has 0 unspecified atom stereocenters. The van der Waals surface area contributed by atoms with Gasteiger partial charge in [0.05, 0.1) is 16.5 Å². The van der Waals surface area contributed by atoms with Crippen molar-refractivity contribution in [2.45, 2.75) is 39.0 Å². The molecule has 0 N–H and O–H groups in total. The van der Waals surface area contributed by atoms with Crippen LogP contribution in [0.5, 0.6) is 11.5 Å². The molecule has 1 aromatic carbocycles. The van der Waals surface area contributed by atoms with Crippen molar-refractivity contribution in [3.63, 3.8) is 0 Å². The molecule has 0 bridgehead atoms. The fourth-order valence-electron chi connectivity index (χ4n) is 4.80. The fraction of sp³-hybridized carbons (Fsp3) is 0.409. The van der Waals surface area contributed by atoms with E-state index in [0.29, 0.717) is 0 Å². The van der Waals surface area contributed by atoms with Gasteiger partial charge in [0.2, 0.25) is 5.75 Å². The summed E-state index contributed by atoms with van der Waals surface area (Å²) in [5.74, 6) is 2.89. The van der Waals surface area contributed by atoms with E-state index >= 15 is 0 Å². The molecule has 2 aromatic heterocycles. The highest BCUT2D eigenvalue weighted by Gasteiger charge is 2.33. The Morgan fingerprint density at radius 3 is 2.80 bits per heavy atom. The number of hydrogen-bond donors (Lipinski definition) is 0. The van der Waals surface area contributed by atoms with Gasteiger partial charge in [0.25, 0.3) is 5.69 Å². The zero-order chi connectivity index (χ0) is 17.1. The van der Waals surface area contributed by atoms with Gasteiger partial charge in [0.15, 0.2) is 11.9 Å². The predicted octanol–water partition coefficient (Wildman–Crippen LogP) is 4.82. The summed E-state index contributed by atoms with van der Waals surface area (Å²) in [6.45, 7) is 2.21. The van der Waals surface area contributed by atoms with Gasteiger partial charge >= 0.3 is 0 Å². The first kappa shape index (κ1) is 15.0. The second-order valence-electron chi connectivity index (χ2n) is 7.84. The van der Waals surface area contributed by atoms with E-state index in [2.05, 4.69) is 60.7 Å². The van der Waals surface area contributed by atoms with E-state index in [1.54, 1.807) is 0 Å². The molecule has 3 heteroatoms. The molecule has 0 spiro atoms. The summed E-state index contributed by atoms with van der Waals surface area (Å²) in [6, 6.07) is 6.70. The molecule has 2 aliphatic rings. The van der Waals surface area contributed by atoms with Gasteiger partial charge in [-0.05, 0) is 30.9 Å². The third-order valence-electron chi connectivity index (χ3n) is 6.12. The van der Waals surface area contributed by atoms with Crippen molar-refractivity contribution in [2.75, 3.05) is 0 Å². The van der Waals surface area contributed by atoms with Crippen LogP contribution in [0, 0.1) is 12.8 Å². The van der Waals surface area contributed by atoms with E-state index < -0.39 is 0 Å². The van der Waals surface area contributed by atoms with Gasteiger partial charge in [-0.1, -0.05) is 31.7 Å². The van der Waals surface area contributed by atoms with Crippen LogP contribution < -0.4 is 9.30 Å². The molecule has 3 aromatic rings. The standard InChI is InChI=1S/C22H25N2O/c1-14-8-9-17-20-18(13-24(17)3)25-22-16(12-15-6-4-5-7-15)10-11-23(2)21(22)19(14)20/h8-11,13,15H,4-7,12H2,1-3H3/q+1. The molecule has 128 valence electrons. The van der Waals surface area contributed by atoms with Crippen molar-refractivity contribution >= 4 is 10.9 Å². The maximum absolute atomic E-state index is 6.51. The van der Waals surface area contributed by atoms with Gasteiger partial charge in [-0.3, -0.25) is 0 Å². The average Bonchev–Trinajstić information content (AvgIpc) is 3.21. The first-order valence-electron chi connectivity index (χ1n) is 9.42. The van der Waals surface area contributed by atoms with E-state index in [4.69, 9.17) is 4.74 Å². The van der Waals surface area contributed by atoms with Gasteiger partial charge < -0.3 is 9.30 Å². The lowest BCUT2D eigenvalue weighted by atomic mass is 9.92. The second kappa shape index (κ2) is 5.35. The molecule has 1 aliphatic heterocycles. The molecular weight excluding hydrogens is 308 g/mol. The number of pyridine rings is 1. The Morgan fingerprint density at radius 2 is 2.00 bits per heavy atom. The van der Waals surface area contributed by atoms with Crippen molar-refractivity contribution < 1.29 is 9.30 Å². The van der Waals surface area contributed by atoms with Crippen molar-refractivity contribution in [2.24, 2.45) is 20.0 Å². The van der Waals surface area contributed by atoms with Crippen LogP contribution in [0.1, 0.15) is 36.8 Å². The molecule has 0 atom stereocenters. The molecule has 25 heavy (non-hydrogen) atoms. The van der Waals surface area contributed by atoms with Crippen LogP contribution in [0.25, 0.3) is 22.2 Å². The molecular formula is C22H25N2O+. The Balaban J connectivity index is 1.75. The molecule has 1 fully saturated rings. The summed E-state index contributed by atoms with van der Waals surface area (Å²) >= 11 is 0. The molecule has 0 amide bonds. The Labute approximate surface area is 148 Å². The van der Waals surface area contributed by atoms with Crippen LogP contribution in [0.15, 0.2) is 30.6 Å². The molecule has 0 radical (unpaired) electrons. The minimum atomic E-state index is 0.814. The van der Waals surface area contributed by atoms with E-state index in [1.165, 1.54) is 59.0 Å². The summed E-state index contributed by atoms with van der Waals surface area (Å²) in [6.07, 6.45) is 11.0. The Bertz CT molecular complexity index is 993. The highest BCUT2D eigenvalue weighted by Crippen LogP contribution is 2.48. The van der Waals surface area contributed by atoms with E-state index in [-0.39, 0.29) is 0 Å². The Hall–Kier alpha value is -2.29. The lowest BCUT2D eigenvalue weighted by Gasteiger charge is -2.20. The topological polar surface area (TPSA) is 18.0 Å². The first-order valence-corrected chi connectivity index (χ1v) is 9.42. The molecule has 1 aliphatic carbocycles. The minimum absolute atomic E-state index is 0.814. The van der Waals surface area contributed by atoms with Gasteiger partial charge in [0, 0.05) is 24.9 Å². The van der Waals surface area contributed by atoms with Crippen LogP contribution in [0.4, 0.5) is 0 Å². The van der Waals surface area contributed by atoms with E-state index in [1.807, 2.05) is 0 Å². The number of hydrogen-bond acceptors (Lipinski definition) is 1. The maximum Gasteiger partial charge on any atom is 0.256 e. The van der Waals surface area contributed by atoms with Crippen LogP contribution >= 0.6 is 0 Å². The minimum Gasteiger partial charge on any atom is -0.448 e. The highest BCUT2D eigenvalue weighted by molar-refractivity contribution is 6.03. The lowest BCUT2D eigenvalue weighted by Crippen LogP contribution is -2.32. The summed E-state index contributed by atoms with van der Waals surface area (Å²) < 4.78 is 10.9. The highest BCUT2D eigenvalue weighted by atomic mass is 16.5. The number of fused-ring (bicyclic) bond motifs is 2. The van der Waals surface area contributed by atoms with Crippen LogP contribution in [-0.4, -0.2) is 4.57 Å². The van der Waals surface area contributed by atoms with E-state index in [0.717, 1.165) is 23.8 Å². The van der Waals surface area contributed by atoms with Crippen LogP contribution in [-0.2, 0) is 20.5 Å². The molecule has 0 saturated heterocycles. The number of aromatic nitrogens is 2. The van der Waals surface area contributed by atoms with Gasteiger partial charge in [-0.25, -0.2) is 0 Å². The number of aryl methyl sites for hydroxylation is 3. The third-order valence-corrected chi connectivity index (χ3v) is 6.12. The van der Waals surface area contributed by atoms with Crippen molar-refractivity contribution in [1.82, 2.24) is 4.57 Å². The fourth-order valence-corrected chi connectivity index (χ4v) is 4.80. The summed E-state index contributed by atoms with van der Waals surface area (Å²) in [4.78, 5) is 0. The monoisotopic (exact) mass is 333 g/mol. The Kier molecular flexibility index (Phi) is 3.21. The van der Waals surface area contributed by atoms with Gasteiger partial charge in [0.1, 0.15) is 7.05 Å². The second-order valence-corrected chi connectivity index (χ2v) is 7.84. The van der Waals surface area contributed by atoms with Gasteiger partial charge in [-0.15, -0.1) is 0 Å². The maximum atomic E-state index is 6.51. The molecule has 3 heterocycles. The van der Waals surface area contributed by atoms with Crippen molar-refractivity contribution in [3.05, 3.63) is 41.7 Å². The van der Waals surface area contributed by atoms with Crippen molar-refractivity contribution in [3.8, 4) is 22.8 Å². The third kappa shape index (κ3) is 2.14. The first-order chi connectivity index (χ1) is 12.1. The van der Waals surface area contributed by atoms with Crippen molar-refractivity contribution in [1.29, 1.82) is 0 Å². The zero-order valence-electron chi connectivity index (χ0n) is 15.3. The smallest absolute Gasteiger partial charge is 0.256 e. The van der Waals surface area contributed by atoms with Crippen LogP contribution in [0.3, 0.4) is 0 Å². The molecule has 1 saturated carbocycles.